The molecule has 1 saturated heterocycles. The second-order valence-corrected chi connectivity index (χ2v) is 8.94. The standard InChI is InChI=1S/C20H23N5O6S/c1-2-30-14-5-7-25(8-6-14)19-16(11-21-12-22-19)24-32(28,29)15-4-3-13-9-18(20(26)23-27)31-17(13)10-15/h3-4,9-12,14,24,27H,2,5-8H2,1H3,(H,23,26). The van der Waals surface area contributed by atoms with Gasteiger partial charge in [0.05, 0.1) is 17.2 Å². The van der Waals surface area contributed by atoms with Crippen LogP contribution in [0.2, 0.25) is 0 Å². The second-order valence-electron chi connectivity index (χ2n) is 7.26. The highest BCUT2D eigenvalue weighted by Gasteiger charge is 2.25. The molecule has 0 aliphatic carbocycles. The number of hydrogen-bond acceptors (Lipinski definition) is 9. The van der Waals surface area contributed by atoms with E-state index in [1.165, 1.54) is 42.3 Å². The van der Waals surface area contributed by atoms with Gasteiger partial charge in [-0.05, 0) is 38.0 Å². The minimum absolute atomic E-state index is 0.0554. The van der Waals surface area contributed by atoms with Gasteiger partial charge in [-0.2, -0.15) is 0 Å². The van der Waals surface area contributed by atoms with Crippen molar-refractivity contribution in [1.82, 2.24) is 15.4 Å². The highest BCUT2D eigenvalue weighted by molar-refractivity contribution is 7.92. The SMILES string of the molecule is CCOC1CCN(c2ncncc2NS(=O)(=O)c2ccc3cc(C(=O)NO)oc3c2)CC1. The van der Waals surface area contributed by atoms with Gasteiger partial charge in [-0.1, -0.05) is 0 Å². The van der Waals surface area contributed by atoms with Crippen molar-refractivity contribution < 1.29 is 27.6 Å². The number of anilines is 2. The van der Waals surface area contributed by atoms with Crippen LogP contribution in [0, 0.1) is 0 Å². The molecule has 1 aromatic carbocycles. The molecular formula is C20H23N5O6S. The van der Waals surface area contributed by atoms with Crippen molar-refractivity contribution in [2.75, 3.05) is 29.3 Å². The first-order valence-corrected chi connectivity index (χ1v) is 11.6. The van der Waals surface area contributed by atoms with Crippen LogP contribution in [0.15, 0.2) is 46.1 Å². The fraction of sp³-hybridized carbons (Fsp3) is 0.350. The molecule has 0 saturated carbocycles. The number of nitrogens with one attached hydrogen (secondary N) is 2. The molecule has 2 aromatic heterocycles. The maximum Gasteiger partial charge on any atom is 0.310 e. The lowest BCUT2D eigenvalue weighted by Gasteiger charge is -2.33. The Kier molecular flexibility index (Phi) is 6.26. The van der Waals surface area contributed by atoms with Crippen LogP contribution in [0.4, 0.5) is 11.5 Å². The van der Waals surface area contributed by atoms with E-state index in [0.717, 1.165) is 12.8 Å². The molecule has 0 radical (unpaired) electrons. The molecule has 0 unspecified atom stereocenters. The molecule has 0 spiro atoms. The number of nitrogens with zero attached hydrogens (tertiary/aromatic N) is 3. The van der Waals surface area contributed by atoms with Crippen LogP contribution in [0.3, 0.4) is 0 Å². The van der Waals surface area contributed by atoms with Gasteiger partial charge < -0.3 is 14.1 Å². The number of carbonyl (C=O) groups excluding carboxylic acids is 1. The van der Waals surface area contributed by atoms with Crippen LogP contribution in [0.5, 0.6) is 0 Å². The first-order valence-electron chi connectivity index (χ1n) is 10.1. The molecular weight excluding hydrogens is 438 g/mol. The summed E-state index contributed by atoms with van der Waals surface area (Å²) in [5.74, 6) is -0.471. The molecule has 170 valence electrons. The second kappa shape index (κ2) is 9.10. The Labute approximate surface area is 184 Å². The summed E-state index contributed by atoms with van der Waals surface area (Å²) >= 11 is 0. The third-order valence-corrected chi connectivity index (χ3v) is 6.57. The summed E-state index contributed by atoms with van der Waals surface area (Å²) in [6.07, 6.45) is 4.64. The summed E-state index contributed by atoms with van der Waals surface area (Å²) < 4.78 is 39.7. The van der Waals surface area contributed by atoms with Crippen molar-refractivity contribution in [3.63, 3.8) is 0 Å². The Morgan fingerprint density at radius 3 is 2.81 bits per heavy atom. The van der Waals surface area contributed by atoms with Crippen molar-refractivity contribution in [3.8, 4) is 0 Å². The normalized spacial score (nSPS) is 15.1. The number of hydroxylamine groups is 1. The van der Waals surface area contributed by atoms with E-state index in [9.17, 15) is 13.2 Å². The van der Waals surface area contributed by atoms with Gasteiger partial charge in [0.25, 0.3) is 10.0 Å². The van der Waals surface area contributed by atoms with Crippen molar-refractivity contribution in [3.05, 3.63) is 42.5 Å². The third kappa shape index (κ3) is 4.52. The molecule has 1 aliphatic rings. The molecule has 1 amide bonds. The molecule has 32 heavy (non-hydrogen) atoms. The Hall–Kier alpha value is -3.22. The van der Waals surface area contributed by atoms with E-state index < -0.39 is 15.9 Å². The molecule has 1 fully saturated rings. The van der Waals surface area contributed by atoms with Crippen LogP contribution in [-0.4, -0.2) is 55.3 Å². The molecule has 1 aliphatic heterocycles. The quantitative estimate of drug-likeness (QED) is 0.356. The van der Waals surface area contributed by atoms with Crippen molar-refractivity contribution in [1.29, 1.82) is 0 Å². The van der Waals surface area contributed by atoms with Crippen LogP contribution in [0.1, 0.15) is 30.3 Å². The Morgan fingerprint density at radius 1 is 1.31 bits per heavy atom. The number of sulfonamides is 1. The van der Waals surface area contributed by atoms with Gasteiger partial charge in [0.2, 0.25) is 0 Å². The van der Waals surface area contributed by atoms with E-state index >= 15 is 0 Å². The van der Waals surface area contributed by atoms with Gasteiger partial charge in [-0.3, -0.25) is 14.7 Å². The van der Waals surface area contributed by atoms with Gasteiger partial charge in [-0.25, -0.2) is 23.9 Å². The lowest BCUT2D eigenvalue weighted by atomic mass is 10.1. The van der Waals surface area contributed by atoms with Crippen molar-refractivity contribution in [2.24, 2.45) is 0 Å². The van der Waals surface area contributed by atoms with Gasteiger partial charge in [0.1, 0.15) is 17.6 Å². The number of piperidine rings is 1. The number of furan rings is 1. The summed E-state index contributed by atoms with van der Waals surface area (Å²) in [6.45, 7) is 4.00. The van der Waals surface area contributed by atoms with E-state index in [0.29, 0.717) is 30.9 Å². The van der Waals surface area contributed by atoms with Crippen molar-refractivity contribution in [2.45, 2.75) is 30.8 Å². The van der Waals surface area contributed by atoms with E-state index in [2.05, 4.69) is 14.7 Å². The smallest absolute Gasteiger partial charge is 0.310 e. The van der Waals surface area contributed by atoms with Gasteiger partial charge >= 0.3 is 5.91 Å². The molecule has 4 rings (SSSR count). The molecule has 11 nitrogen and oxygen atoms in total. The van der Waals surface area contributed by atoms with Gasteiger partial charge in [0.15, 0.2) is 11.6 Å². The molecule has 0 bridgehead atoms. The molecule has 3 N–H and O–H groups in total. The zero-order chi connectivity index (χ0) is 22.7. The largest absolute Gasteiger partial charge is 0.451 e. The number of carbonyl (C=O) groups is 1. The summed E-state index contributed by atoms with van der Waals surface area (Å²) in [4.78, 5) is 21.8. The minimum atomic E-state index is -3.99. The average molecular weight is 462 g/mol. The van der Waals surface area contributed by atoms with E-state index in [1.54, 1.807) is 0 Å². The van der Waals surface area contributed by atoms with Crippen LogP contribution >= 0.6 is 0 Å². The number of ether oxygens (including phenoxy) is 1. The Morgan fingerprint density at radius 2 is 2.09 bits per heavy atom. The van der Waals surface area contributed by atoms with E-state index in [1.807, 2.05) is 11.8 Å². The predicted octanol–water partition coefficient (Wildman–Crippen LogP) is 2.15. The molecule has 3 aromatic rings. The monoisotopic (exact) mass is 461 g/mol. The number of rotatable bonds is 7. The van der Waals surface area contributed by atoms with Crippen LogP contribution in [-0.2, 0) is 14.8 Å². The number of benzene rings is 1. The topological polar surface area (TPSA) is 147 Å². The maximum atomic E-state index is 13.0. The fourth-order valence-electron chi connectivity index (χ4n) is 3.67. The summed E-state index contributed by atoms with van der Waals surface area (Å²) in [7, 11) is -3.99. The summed E-state index contributed by atoms with van der Waals surface area (Å²) in [6, 6.07) is 5.63. The average Bonchev–Trinajstić information content (AvgIpc) is 3.23. The minimum Gasteiger partial charge on any atom is -0.451 e. The predicted molar refractivity (Wildman–Crippen MR) is 115 cm³/mol. The fourth-order valence-corrected chi connectivity index (χ4v) is 4.73. The van der Waals surface area contributed by atoms with Gasteiger partial charge in [-0.15, -0.1) is 0 Å². The third-order valence-electron chi connectivity index (χ3n) is 5.21. The first kappa shape index (κ1) is 22.0. The zero-order valence-corrected chi connectivity index (χ0v) is 18.1. The van der Waals surface area contributed by atoms with Crippen LogP contribution in [0.25, 0.3) is 11.0 Å². The highest BCUT2D eigenvalue weighted by atomic mass is 32.2. The Balaban J connectivity index is 1.57. The molecule has 0 atom stereocenters. The number of fused-ring (bicyclic) bond motifs is 1. The van der Waals surface area contributed by atoms with E-state index in [4.69, 9.17) is 14.4 Å². The zero-order valence-electron chi connectivity index (χ0n) is 17.3. The number of amides is 1. The summed E-state index contributed by atoms with van der Waals surface area (Å²) in [5.41, 5.74) is 1.93. The lowest BCUT2D eigenvalue weighted by molar-refractivity contribution is 0.0458. The van der Waals surface area contributed by atoms with E-state index in [-0.39, 0.29) is 28.0 Å². The van der Waals surface area contributed by atoms with Gasteiger partial charge in [0, 0.05) is 31.1 Å². The highest BCUT2D eigenvalue weighted by Crippen LogP contribution is 2.29. The lowest BCUT2D eigenvalue weighted by Crippen LogP contribution is -2.38. The number of aromatic nitrogens is 2. The molecule has 12 heteroatoms. The first-order chi connectivity index (χ1) is 15.4. The number of hydrogen-bond donors (Lipinski definition) is 3. The van der Waals surface area contributed by atoms with Crippen molar-refractivity contribution >= 4 is 38.4 Å². The van der Waals surface area contributed by atoms with Crippen LogP contribution < -0.4 is 15.1 Å². The maximum absolute atomic E-state index is 13.0. The summed E-state index contributed by atoms with van der Waals surface area (Å²) in [5, 5.41) is 9.26. The molecule has 3 heterocycles. The Bertz CT molecular complexity index is 1220.